The number of carbonyl (C=O) groups excluding carboxylic acids is 1. The van der Waals surface area contributed by atoms with Crippen molar-refractivity contribution in [2.45, 2.75) is 24.4 Å². The maximum Gasteiger partial charge on any atom is 0.264 e. The molecule has 0 radical (unpaired) electrons. The number of nitrogens with zero attached hydrogens (tertiary/aromatic N) is 1. The fourth-order valence-corrected chi connectivity index (χ4v) is 6.25. The molecule has 0 saturated carbocycles. The van der Waals surface area contributed by atoms with Gasteiger partial charge in [-0.05, 0) is 53.4 Å². The predicted molar refractivity (Wildman–Crippen MR) is 160 cm³/mol. The lowest BCUT2D eigenvalue weighted by Gasteiger charge is -2.28. The van der Waals surface area contributed by atoms with Crippen molar-refractivity contribution < 1.29 is 13.2 Å². The summed E-state index contributed by atoms with van der Waals surface area (Å²) in [5.74, 6) is -0.367. The average molecular weight is 547 g/mol. The zero-order chi connectivity index (χ0) is 28.0. The number of anilines is 1. The van der Waals surface area contributed by atoms with Crippen LogP contribution in [-0.2, 0) is 16.6 Å². The van der Waals surface area contributed by atoms with Gasteiger partial charge in [0.1, 0.15) is 0 Å². The third-order valence-electron chi connectivity index (χ3n) is 6.83. The summed E-state index contributed by atoms with van der Waals surface area (Å²) in [4.78, 5) is 14.2. The smallest absolute Gasteiger partial charge is 0.264 e. The minimum atomic E-state index is -3.99. The third-order valence-corrected chi connectivity index (χ3v) is 8.60. The van der Waals surface area contributed by atoms with E-state index in [1.54, 1.807) is 54.6 Å². The highest BCUT2D eigenvalue weighted by Gasteiger charge is 2.29. The molecule has 5 aromatic carbocycles. The van der Waals surface area contributed by atoms with Gasteiger partial charge in [-0.1, -0.05) is 115 Å². The lowest BCUT2D eigenvalue weighted by atomic mass is 9.94. The molecule has 200 valence electrons. The Balaban J connectivity index is 1.58. The number of sulfonamides is 1. The second-order valence-corrected chi connectivity index (χ2v) is 11.4. The summed E-state index contributed by atoms with van der Waals surface area (Å²) >= 11 is 0. The molecule has 1 atom stereocenters. The molecule has 5 aromatic rings. The van der Waals surface area contributed by atoms with Gasteiger partial charge in [-0.15, -0.1) is 0 Å². The zero-order valence-electron chi connectivity index (χ0n) is 22.1. The number of para-hydroxylation sites is 1. The lowest BCUT2D eigenvalue weighted by molar-refractivity contribution is 0.0943. The maximum absolute atomic E-state index is 14.0. The van der Waals surface area contributed by atoms with Gasteiger partial charge in [0.05, 0.1) is 28.7 Å². The van der Waals surface area contributed by atoms with Crippen LogP contribution in [0.15, 0.2) is 144 Å². The van der Waals surface area contributed by atoms with Crippen molar-refractivity contribution in [1.29, 1.82) is 0 Å². The normalized spacial score (nSPS) is 11.9. The van der Waals surface area contributed by atoms with Crippen LogP contribution >= 0.6 is 0 Å². The van der Waals surface area contributed by atoms with Crippen LogP contribution < -0.4 is 9.62 Å². The van der Waals surface area contributed by atoms with Crippen molar-refractivity contribution in [3.63, 3.8) is 0 Å². The van der Waals surface area contributed by atoms with Crippen LogP contribution in [0.25, 0.3) is 0 Å². The van der Waals surface area contributed by atoms with Crippen LogP contribution in [0.3, 0.4) is 0 Å². The van der Waals surface area contributed by atoms with Gasteiger partial charge in [-0.2, -0.15) is 0 Å². The summed E-state index contributed by atoms with van der Waals surface area (Å²) < 4.78 is 29.3. The largest absolute Gasteiger partial charge is 0.341 e. The number of hydrogen-bond acceptors (Lipinski definition) is 3. The van der Waals surface area contributed by atoms with Crippen LogP contribution in [0.2, 0.25) is 0 Å². The van der Waals surface area contributed by atoms with Gasteiger partial charge in [0.15, 0.2) is 0 Å². The first-order valence-corrected chi connectivity index (χ1v) is 14.5. The fraction of sp³-hybridized carbons (Fsp3) is 0.0882. The highest BCUT2D eigenvalue weighted by molar-refractivity contribution is 7.92. The van der Waals surface area contributed by atoms with Crippen molar-refractivity contribution >= 4 is 21.6 Å². The summed E-state index contributed by atoms with van der Waals surface area (Å²) in [5, 5.41) is 3.20. The molecule has 0 aliphatic heterocycles. The summed E-state index contributed by atoms with van der Waals surface area (Å²) in [7, 11) is -3.99. The molecular weight excluding hydrogens is 516 g/mol. The maximum atomic E-state index is 14.0. The number of rotatable bonds is 9. The van der Waals surface area contributed by atoms with E-state index >= 15 is 0 Å². The van der Waals surface area contributed by atoms with E-state index in [1.807, 2.05) is 91.9 Å². The van der Waals surface area contributed by atoms with Crippen molar-refractivity contribution in [2.24, 2.45) is 0 Å². The Kier molecular flexibility index (Phi) is 8.08. The molecule has 0 heterocycles. The molecule has 5 nitrogen and oxygen atoms in total. The monoisotopic (exact) mass is 546 g/mol. The van der Waals surface area contributed by atoms with Gasteiger partial charge in [-0.25, -0.2) is 8.42 Å². The zero-order valence-corrected chi connectivity index (χ0v) is 23.0. The van der Waals surface area contributed by atoms with Crippen LogP contribution in [0.1, 0.15) is 38.7 Å². The molecule has 6 heteroatoms. The Hall–Kier alpha value is -4.68. The van der Waals surface area contributed by atoms with E-state index in [1.165, 1.54) is 4.31 Å². The van der Waals surface area contributed by atoms with Crippen LogP contribution in [-0.4, -0.2) is 14.3 Å². The topological polar surface area (TPSA) is 66.5 Å². The Morgan fingerprint density at radius 2 is 1.25 bits per heavy atom. The molecule has 0 aliphatic rings. The molecular formula is C34H30N2O3S. The van der Waals surface area contributed by atoms with Crippen molar-refractivity contribution in [3.8, 4) is 0 Å². The first-order valence-electron chi connectivity index (χ1n) is 13.1. The molecule has 40 heavy (non-hydrogen) atoms. The van der Waals surface area contributed by atoms with Gasteiger partial charge in [-0.3, -0.25) is 9.10 Å². The van der Waals surface area contributed by atoms with Gasteiger partial charge in [0.25, 0.3) is 15.9 Å². The quantitative estimate of drug-likeness (QED) is 0.218. The highest BCUT2D eigenvalue weighted by Crippen LogP contribution is 2.31. The van der Waals surface area contributed by atoms with E-state index in [9.17, 15) is 13.2 Å². The van der Waals surface area contributed by atoms with Crippen LogP contribution in [0, 0.1) is 6.92 Å². The second kappa shape index (κ2) is 12.0. The Bertz CT molecular complexity index is 1690. The minimum Gasteiger partial charge on any atom is -0.341 e. The molecule has 0 bridgehead atoms. The molecule has 0 aromatic heterocycles. The Labute approximate surface area is 235 Å². The molecule has 0 aliphatic carbocycles. The fourth-order valence-electron chi connectivity index (χ4n) is 4.76. The lowest BCUT2D eigenvalue weighted by Crippen LogP contribution is -2.35. The number of aryl methyl sites for hydroxylation is 1. The number of nitrogens with one attached hydrogen (secondary N) is 1. The SMILES string of the molecule is Cc1ccccc1[C@H](NC(=O)c1ccccc1N(Cc1ccccc1)S(=O)(=O)c1ccccc1)c1ccccc1. The van der Waals surface area contributed by atoms with Crippen molar-refractivity contribution in [1.82, 2.24) is 5.32 Å². The van der Waals surface area contributed by atoms with Gasteiger partial charge >= 0.3 is 0 Å². The average Bonchev–Trinajstić information content (AvgIpc) is 3.00. The number of carbonyl (C=O) groups is 1. The number of benzene rings is 5. The molecule has 1 amide bonds. The van der Waals surface area contributed by atoms with Crippen LogP contribution in [0.4, 0.5) is 5.69 Å². The molecule has 0 unspecified atom stereocenters. The molecule has 0 fully saturated rings. The standard InChI is InChI=1S/C34H30N2O3S/c1-26-15-11-12-22-30(26)33(28-18-7-3-8-19-28)35-34(37)31-23-13-14-24-32(31)36(25-27-16-5-2-6-17-27)40(38,39)29-20-9-4-10-21-29/h2-24,33H,25H2,1H3,(H,35,37)/t33-/m1/s1. The highest BCUT2D eigenvalue weighted by atomic mass is 32.2. The summed E-state index contributed by atoms with van der Waals surface area (Å²) in [6, 6.07) is 41.8. The van der Waals surface area contributed by atoms with Gasteiger partial charge < -0.3 is 5.32 Å². The van der Waals surface area contributed by atoms with Gasteiger partial charge in [0, 0.05) is 0 Å². The predicted octanol–water partition coefficient (Wildman–Crippen LogP) is 6.91. The van der Waals surface area contributed by atoms with E-state index in [4.69, 9.17) is 0 Å². The van der Waals surface area contributed by atoms with E-state index in [0.717, 1.165) is 22.3 Å². The summed E-state index contributed by atoms with van der Waals surface area (Å²) in [6.07, 6.45) is 0. The second-order valence-electron chi connectivity index (χ2n) is 9.50. The molecule has 0 saturated heterocycles. The van der Waals surface area contributed by atoms with E-state index in [2.05, 4.69) is 5.32 Å². The van der Waals surface area contributed by atoms with E-state index in [-0.39, 0.29) is 22.9 Å². The van der Waals surface area contributed by atoms with E-state index < -0.39 is 16.1 Å². The van der Waals surface area contributed by atoms with Crippen LogP contribution in [0.5, 0.6) is 0 Å². The number of amides is 1. The van der Waals surface area contributed by atoms with E-state index in [0.29, 0.717) is 5.69 Å². The minimum absolute atomic E-state index is 0.0717. The number of hydrogen-bond donors (Lipinski definition) is 1. The first-order chi connectivity index (χ1) is 19.4. The molecule has 0 spiro atoms. The first kappa shape index (κ1) is 26.9. The third kappa shape index (κ3) is 5.82. The molecule has 5 rings (SSSR count). The summed E-state index contributed by atoms with van der Waals surface area (Å²) in [5.41, 5.74) is 4.33. The summed E-state index contributed by atoms with van der Waals surface area (Å²) in [6.45, 7) is 2.08. The Morgan fingerprint density at radius 3 is 1.93 bits per heavy atom. The van der Waals surface area contributed by atoms with Crippen molar-refractivity contribution in [2.75, 3.05) is 4.31 Å². The van der Waals surface area contributed by atoms with Crippen molar-refractivity contribution in [3.05, 3.63) is 167 Å². The Morgan fingerprint density at radius 1 is 0.700 bits per heavy atom. The van der Waals surface area contributed by atoms with Gasteiger partial charge in [0.2, 0.25) is 0 Å². The molecule has 1 N–H and O–H groups in total.